The molecule has 2 heterocycles. The highest BCUT2D eigenvalue weighted by atomic mass is 35.5. The van der Waals surface area contributed by atoms with E-state index in [-0.39, 0.29) is 18.3 Å². The number of piperazine rings is 1. The van der Waals surface area contributed by atoms with Crippen LogP contribution in [0.1, 0.15) is 51.4 Å². The normalized spacial score (nSPS) is 38.3. The number of carbonyl (C=O) groups is 1. The molecule has 27 heavy (non-hydrogen) atoms. The predicted molar refractivity (Wildman–Crippen MR) is 112 cm³/mol. The van der Waals surface area contributed by atoms with E-state index in [0.717, 1.165) is 39.0 Å². The Bertz CT molecular complexity index is 483. The fourth-order valence-electron chi connectivity index (χ4n) is 6.07. The molecule has 156 valence electrons. The molecule has 6 heteroatoms. The third-order valence-electron chi connectivity index (χ3n) is 7.84. The Kier molecular flexibility index (Phi) is 7.45. The zero-order valence-corrected chi connectivity index (χ0v) is 17.8. The second kappa shape index (κ2) is 9.43. The van der Waals surface area contributed by atoms with Crippen LogP contribution in [0.2, 0.25) is 0 Å². The lowest BCUT2D eigenvalue weighted by Gasteiger charge is -2.45. The fourth-order valence-corrected chi connectivity index (χ4v) is 6.07. The summed E-state index contributed by atoms with van der Waals surface area (Å²) in [6, 6.07) is 1.07. The molecular formula is C21H39ClN4O. The molecular weight excluding hydrogens is 360 g/mol. The van der Waals surface area contributed by atoms with Gasteiger partial charge in [0.25, 0.3) is 0 Å². The first-order valence-corrected chi connectivity index (χ1v) is 11.1. The number of rotatable bonds is 3. The number of nitrogens with two attached hydrogens (primary N) is 1. The molecule has 4 rings (SSSR count). The number of carbonyl (C=O) groups excluding carboxylic acids is 1. The van der Waals surface area contributed by atoms with Crippen molar-refractivity contribution in [1.82, 2.24) is 14.7 Å². The van der Waals surface area contributed by atoms with Crippen LogP contribution in [-0.4, -0.2) is 79.0 Å². The first-order chi connectivity index (χ1) is 12.6. The van der Waals surface area contributed by atoms with Gasteiger partial charge >= 0.3 is 0 Å². The van der Waals surface area contributed by atoms with Crippen molar-refractivity contribution in [1.29, 1.82) is 0 Å². The van der Waals surface area contributed by atoms with Gasteiger partial charge in [-0.1, -0.05) is 12.8 Å². The second-order valence-electron chi connectivity index (χ2n) is 9.45. The first-order valence-electron chi connectivity index (χ1n) is 11.1. The van der Waals surface area contributed by atoms with Crippen molar-refractivity contribution in [2.45, 2.75) is 63.5 Å². The van der Waals surface area contributed by atoms with Crippen molar-refractivity contribution in [3.63, 3.8) is 0 Å². The predicted octanol–water partition coefficient (Wildman–Crippen LogP) is 2.19. The average molecular weight is 399 g/mol. The van der Waals surface area contributed by atoms with Gasteiger partial charge in [0, 0.05) is 50.7 Å². The van der Waals surface area contributed by atoms with E-state index in [1.165, 1.54) is 51.6 Å². The van der Waals surface area contributed by atoms with Gasteiger partial charge in [0.1, 0.15) is 0 Å². The Balaban J connectivity index is 0.00000210. The molecule has 2 aliphatic heterocycles. The van der Waals surface area contributed by atoms with Crippen LogP contribution >= 0.6 is 12.4 Å². The van der Waals surface area contributed by atoms with E-state index < -0.39 is 0 Å². The van der Waals surface area contributed by atoms with Gasteiger partial charge < -0.3 is 15.5 Å². The number of hydrogen-bond acceptors (Lipinski definition) is 4. The van der Waals surface area contributed by atoms with Crippen LogP contribution < -0.4 is 5.73 Å². The Labute approximate surface area is 171 Å². The maximum atomic E-state index is 13.1. The summed E-state index contributed by atoms with van der Waals surface area (Å²) in [5.74, 6) is 1.88. The van der Waals surface area contributed by atoms with Gasteiger partial charge in [-0.05, 0) is 64.0 Å². The number of nitrogens with zero attached hydrogens (tertiary/aromatic N) is 3. The summed E-state index contributed by atoms with van der Waals surface area (Å²) in [5.41, 5.74) is 6.41. The second-order valence-corrected chi connectivity index (χ2v) is 9.45. The smallest absolute Gasteiger partial charge is 0.225 e. The van der Waals surface area contributed by atoms with Gasteiger partial charge in [0.05, 0.1) is 0 Å². The minimum Gasteiger partial charge on any atom is -0.340 e. The molecule has 5 nitrogen and oxygen atoms in total. The Morgan fingerprint density at radius 3 is 2.22 bits per heavy atom. The van der Waals surface area contributed by atoms with Gasteiger partial charge in [-0.2, -0.15) is 0 Å². The number of hydrogen-bond donors (Lipinski definition) is 1. The van der Waals surface area contributed by atoms with Crippen molar-refractivity contribution in [3.8, 4) is 0 Å². The van der Waals surface area contributed by atoms with E-state index in [4.69, 9.17) is 5.73 Å². The fraction of sp³-hybridized carbons (Fsp3) is 0.952. The van der Waals surface area contributed by atoms with E-state index in [0.29, 0.717) is 29.8 Å². The SMILES string of the molecule is CN1CCCCC1CN1CCN(C(=O)C2CC3CCCC(C2)C3N)CC1.Cl. The summed E-state index contributed by atoms with van der Waals surface area (Å²) in [4.78, 5) is 20.4. The lowest BCUT2D eigenvalue weighted by molar-refractivity contribution is -0.140. The monoisotopic (exact) mass is 398 g/mol. The van der Waals surface area contributed by atoms with Gasteiger partial charge in [-0.15, -0.1) is 12.4 Å². The number of likely N-dealkylation sites (tertiary alicyclic amines) is 1. The van der Waals surface area contributed by atoms with Gasteiger partial charge in [0.2, 0.25) is 5.91 Å². The van der Waals surface area contributed by atoms with Gasteiger partial charge in [-0.3, -0.25) is 9.69 Å². The van der Waals surface area contributed by atoms with Crippen molar-refractivity contribution < 1.29 is 4.79 Å². The largest absolute Gasteiger partial charge is 0.340 e. The third-order valence-corrected chi connectivity index (χ3v) is 7.84. The molecule has 0 aromatic carbocycles. The molecule has 0 radical (unpaired) electrons. The number of halogens is 1. The Morgan fingerprint density at radius 2 is 1.59 bits per heavy atom. The van der Waals surface area contributed by atoms with E-state index in [2.05, 4.69) is 21.7 Å². The van der Waals surface area contributed by atoms with Crippen LogP contribution in [0.15, 0.2) is 0 Å². The summed E-state index contributed by atoms with van der Waals surface area (Å²) in [5, 5.41) is 0. The van der Waals surface area contributed by atoms with Crippen LogP contribution in [0.3, 0.4) is 0 Å². The minimum atomic E-state index is 0. The molecule has 2 N–H and O–H groups in total. The number of piperidine rings is 1. The highest BCUT2D eigenvalue weighted by Gasteiger charge is 2.42. The van der Waals surface area contributed by atoms with Crippen LogP contribution in [0.4, 0.5) is 0 Å². The third kappa shape index (κ3) is 4.80. The lowest BCUT2D eigenvalue weighted by Crippen LogP contribution is -2.55. The average Bonchev–Trinajstić information content (AvgIpc) is 2.63. The molecule has 1 amide bonds. The highest BCUT2D eigenvalue weighted by molar-refractivity contribution is 5.85. The summed E-state index contributed by atoms with van der Waals surface area (Å²) >= 11 is 0. The molecule has 4 fully saturated rings. The van der Waals surface area contributed by atoms with Crippen molar-refractivity contribution in [3.05, 3.63) is 0 Å². The molecule has 0 aromatic heterocycles. The van der Waals surface area contributed by atoms with Crippen LogP contribution in [0, 0.1) is 17.8 Å². The van der Waals surface area contributed by atoms with E-state index in [1.54, 1.807) is 0 Å². The Hall–Kier alpha value is -0.360. The zero-order valence-electron chi connectivity index (χ0n) is 17.0. The first kappa shape index (κ1) is 21.4. The maximum Gasteiger partial charge on any atom is 0.225 e. The number of likely N-dealkylation sites (N-methyl/N-ethyl adjacent to an activating group) is 1. The van der Waals surface area contributed by atoms with Gasteiger partial charge in [-0.25, -0.2) is 0 Å². The van der Waals surface area contributed by atoms with Crippen molar-refractivity contribution in [2.75, 3.05) is 46.3 Å². The molecule has 3 unspecified atom stereocenters. The van der Waals surface area contributed by atoms with E-state index in [9.17, 15) is 4.79 Å². The van der Waals surface area contributed by atoms with Crippen LogP contribution in [-0.2, 0) is 4.79 Å². The molecule has 2 bridgehead atoms. The van der Waals surface area contributed by atoms with E-state index in [1.807, 2.05) is 0 Å². The minimum absolute atomic E-state index is 0. The van der Waals surface area contributed by atoms with Crippen molar-refractivity contribution >= 4 is 18.3 Å². The molecule has 0 aromatic rings. The summed E-state index contributed by atoms with van der Waals surface area (Å²) in [6.07, 6.45) is 9.95. The van der Waals surface area contributed by atoms with Crippen molar-refractivity contribution in [2.24, 2.45) is 23.5 Å². The molecule has 3 atom stereocenters. The lowest BCUT2D eigenvalue weighted by atomic mass is 9.65. The number of amides is 1. The summed E-state index contributed by atoms with van der Waals surface area (Å²) in [7, 11) is 2.27. The molecule has 2 saturated heterocycles. The quantitative estimate of drug-likeness (QED) is 0.791. The number of fused-ring (bicyclic) bond motifs is 2. The van der Waals surface area contributed by atoms with E-state index >= 15 is 0 Å². The van der Waals surface area contributed by atoms with Crippen LogP contribution in [0.25, 0.3) is 0 Å². The zero-order chi connectivity index (χ0) is 18.1. The summed E-state index contributed by atoms with van der Waals surface area (Å²) < 4.78 is 0. The molecule has 0 spiro atoms. The molecule has 4 aliphatic rings. The highest BCUT2D eigenvalue weighted by Crippen LogP contribution is 2.42. The van der Waals surface area contributed by atoms with Gasteiger partial charge in [0.15, 0.2) is 0 Å². The molecule has 2 aliphatic carbocycles. The maximum absolute atomic E-state index is 13.1. The summed E-state index contributed by atoms with van der Waals surface area (Å²) in [6.45, 7) is 6.38. The molecule has 2 saturated carbocycles. The van der Waals surface area contributed by atoms with Crippen LogP contribution in [0.5, 0.6) is 0 Å². The topological polar surface area (TPSA) is 52.8 Å². The Morgan fingerprint density at radius 1 is 0.926 bits per heavy atom. The standard InChI is InChI=1S/C21H38N4O.ClH/c1-23-8-3-2-7-19(23)15-24-9-11-25(12-10-24)21(26)18-13-16-5-4-6-17(14-18)20(16)22;/h16-20H,2-15,22H2,1H3;1H.